The van der Waals surface area contributed by atoms with Crippen molar-refractivity contribution in [1.82, 2.24) is 14.7 Å². The van der Waals surface area contributed by atoms with Crippen LogP contribution in [0.25, 0.3) is 0 Å². The molecule has 4 nitrogen and oxygen atoms in total. The summed E-state index contributed by atoms with van der Waals surface area (Å²) in [7, 11) is 3.99. The Balaban J connectivity index is 2.60. The zero-order valence-electron chi connectivity index (χ0n) is 8.63. The average molecular weight is 180 g/mol. The number of aromatic nitrogens is 2. The molecule has 2 heterocycles. The number of anilines is 1. The third kappa shape index (κ3) is 0.920. The van der Waals surface area contributed by atoms with Gasteiger partial charge in [0.2, 0.25) is 0 Å². The first-order valence-electron chi connectivity index (χ1n) is 4.47. The Labute approximate surface area is 78.3 Å². The highest BCUT2D eigenvalue weighted by Gasteiger charge is 2.39. The summed E-state index contributed by atoms with van der Waals surface area (Å²) >= 11 is 0. The summed E-state index contributed by atoms with van der Waals surface area (Å²) in [4.78, 5) is 2.26. The van der Waals surface area contributed by atoms with Crippen LogP contribution in [0.1, 0.15) is 25.1 Å². The fourth-order valence-corrected chi connectivity index (χ4v) is 1.84. The average Bonchev–Trinajstić information content (AvgIpc) is 2.42. The topological polar surface area (TPSA) is 47.1 Å². The molecule has 0 aliphatic carbocycles. The molecular formula is C9H16N4. The molecule has 0 fully saturated rings. The van der Waals surface area contributed by atoms with Crippen LogP contribution in [-0.4, -0.2) is 21.7 Å². The lowest BCUT2D eigenvalue weighted by atomic mass is 10.0. The van der Waals surface area contributed by atoms with Gasteiger partial charge in [-0.15, -0.1) is 0 Å². The van der Waals surface area contributed by atoms with E-state index in [1.54, 1.807) is 4.68 Å². The highest BCUT2D eigenvalue weighted by molar-refractivity contribution is 5.48. The van der Waals surface area contributed by atoms with Gasteiger partial charge in [-0.25, -0.2) is 0 Å². The van der Waals surface area contributed by atoms with Gasteiger partial charge in [0.25, 0.3) is 0 Å². The summed E-state index contributed by atoms with van der Waals surface area (Å²) in [5.41, 5.74) is 8.24. The lowest BCUT2D eigenvalue weighted by molar-refractivity contribution is 0.172. The molecule has 2 rings (SSSR count). The molecule has 2 N–H and O–H groups in total. The Kier molecular flexibility index (Phi) is 1.49. The molecular weight excluding hydrogens is 164 g/mol. The number of hydrogen-bond donors (Lipinski definition) is 1. The first kappa shape index (κ1) is 8.56. The fraction of sp³-hybridized carbons (Fsp3) is 0.667. The van der Waals surface area contributed by atoms with Crippen molar-refractivity contribution in [2.24, 2.45) is 7.05 Å². The van der Waals surface area contributed by atoms with Crippen molar-refractivity contribution in [1.29, 1.82) is 0 Å². The SMILES string of the molecule is CN1Cc2c(nn(C)c2N)C1(C)C. The molecule has 0 saturated carbocycles. The van der Waals surface area contributed by atoms with Gasteiger partial charge in [0.1, 0.15) is 5.82 Å². The Morgan fingerprint density at radius 2 is 2.00 bits per heavy atom. The molecule has 0 amide bonds. The van der Waals surface area contributed by atoms with Gasteiger partial charge in [-0.3, -0.25) is 9.58 Å². The van der Waals surface area contributed by atoms with E-state index in [2.05, 4.69) is 30.9 Å². The zero-order chi connectivity index (χ0) is 9.80. The second-order valence-electron chi connectivity index (χ2n) is 4.25. The Hall–Kier alpha value is -1.03. The lowest BCUT2D eigenvalue weighted by Crippen LogP contribution is -2.32. The van der Waals surface area contributed by atoms with E-state index in [4.69, 9.17) is 5.73 Å². The van der Waals surface area contributed by atoms with E-state index in [0.717, 1.165) is 18.1 Å². The minimum atomic E-state index is 0.0186. The number of nitrogen functional groups attached to an aromatic ring is 1. The molecule has 1 aliphatic rings. The highest BCUT2D eigenvalue weighted by atomic mass is 15.3. The third-order valence-corrected chi connectivity index (χ3v) is 3.12. The van der Waals surface area contributed by atoms with E-state index >= 15 is 0 Å². The number of nitrogens with zero attached hydrogens (tertiary/aromatic N) is 3. The van der Waals surface area contributed by atoms with E-state index in [1.165, 1.54) is 5.56 Å². The smallest absolute Gasteiger partial charge is 0.126 e. The van der Waals surface area contributed by atoms with Crippen LogP contribution in [-0.2, 0) is 19.1 Å². The van der Waals surface area contributed by atoms with Gasteiger partial charge in [-0.1, -0.05) is 0 Å². The Morgan fingerprint density at radius 1 is 1.38 bits per heavy atom. The maximum atomic E-state index is 5.91. The van der Waals surface area contributed by atoms with E-state index < -0.39 is 0 Å². The van der Waals surface area contributed by atoms with Crippen LogP contribution < -0.4 is 5.73 Å². The molecule has 1 aromatic heterocycles. The quantitative estimate of drug-likeness (QED) is 0.638. The molecule has 0 atom stereocenters. The third-order valence-electron chi connectivity index (χ3n) is 3.12. The van der Waals surface area contributed by atoms with Crippen LogP contribution in [0, 0.1) is 0 Å². The molecule has 0 bridgehead atoms. The van der Waals surface area contributed by atoms with Crippen molar-refractivity contribution in [2.75, 3.05) is 12.8 Å². The minimum Gasteiger partial charge on any atom is -0.384 e. The van der Waals surface area contributed by atoms with E-state index in [1.807, 2.05) is 7.05 Å². The maximum absolute atomic E-state index is 5.91. The Morgan fingerprint density at radius 3 is 2.54 bits per heavy atom. The van der Waals surface area contributed by atoms with Gasteiger partial charge in [0.15, 0.2) is 0 Å². The van der Waals surface area contributed by atoms with Gasteiger partial charge in [-0.2, -0.15) is 5.10 Å². The van der Waals surface area contributed by atoms with E-state index in [9.17, 15) is 0 Å². The number of hydrogen-bond acceptors (Lipinski definition) is 3. The van der Waals surface area contributed by atoms with Crippen LogP contribution in [0.2, 0.25) is 0 Å². The van der Waals surface area contributed by atoms with Crippen molar-refractivity contribution >= 4 is 5.82 Å². The largest absolute Gasteiger partial charge is 0.384 e. The van der Waals surface area contributed by atoms with Crippen LogP contribution in [0.5, 0.6) is 0 Å². The molecule has 0 unspecified atom stereocenters. The van der Waals surface area contributed by atoms with Gasteiger partial charge in [0, 0.05) is 19.2 Å². The van der Waals surface area contributed by atoms with Gasteiger partial charge in [0.05, 0.1) is 11.2 Å². The van der Waals surface area contributed by atoms with Crippen LogP contribution in [0.15, 0.2) is 0 Å². The normalized spacial score (nSPS) is 20.6. The molecule has 72 valence electrons. The summed E-state index contributed by atoms with van der Waals surface area (Å²) in [6.45, 7) is 5.25. The van der Waals surface area contributed by atoms with Crippen molar-refractivity contribution in [2.45, 2.75) is 25.9 Å². The summed E-state index contributed by atoms with van der Waals surface area (Å²) in [6.07, 6.45) is 0. The van der Waals surface area contributed by atoms with Crippen LogP contribution in [0.4, 0.5) is 5.82 Å². The first-order chi connectivity index (χ1) is 5.94. The molecule has 0 spiro atoms. The zero-order valence-corrected chi connectivity index (χ0v) is 8.63. The summed E-state index contributed by atoms with van der Waals surface area (Å²) in [6, 6.07) is 0. The summed E-state index contributed by atoms with van der Waals surface area (Å²) in [5.74, 6) is 0.799. The van der Waals surface area contributed by atoms with E-state index in [-0.39, 0.29) is 5.54 Å². The number of aryl methyl sites for hydroxylation is 1. The number of fused-ring (bicyclic) bond motifs is 1. The predicted octanol–water partition coefficient (Wildman–Crippen LogP) is 0.683. The number of nitrogens with two attached hydrogens (primary N) is 1. The molecule has 0 radical (unpaired) electrons. The molecule has 0 aromatic carbocycles. The van der Waals surface area contributed by atoms with Gasteiger partial charge >= 0.3 is 0 Å². The van der Waals surface area contributed by atoms with Gasteiger partial charge < -0.3 is 5.73 Å². The maximum Gasteiger partial charge on any atom is 0.126 e. The second-order valence-corrected chi connectivity index (χ2v) is 4.25. The van der Waals surface area contributed by atoms with Crippen molar-refractivity contribution in [3.8, 4) is 0 Å². The molecule has 1 aromatic rings. The first-order valence-corrected chi connectivity index (χ1v) is 4.47. The highest BCUT2D eigenvalue weighted by Crippen LogP contribution is 2.38. The number of rotatable bonds is 0. The van der Waals surface area contributed by atoms with Gasteiger partial charge in [-0.05, 0) is 20.9 Å². The summed E-state index contributed by atoms with van der Waals surface area (Å²) in [5, 5.41) is 4.44. The molecule has 0 saturated heterocycles. The van der Waals surface area contributed by atoms with Crippen molar-refractivity contribution in [3.63, 3.8) is 0 Å². The standard InChI is InChI=1S/C9H16N4/c1-9(2)7-6(5-12(9)3)8(10)13(4)11-7/h5,10H2,1-4H3. The van der Waals surface area contributed by atoms with Crippen LogP contribution >= 0.6 is 0 Å². The molecule has 4 heteroatoms. The summed E-state index contributed by atoms with van der Waals surface area (Å²) < 4.78 is 1.76. The van der Waals surface area contributed by atoms with E-state index in [0.29, 0.717) is 0 Å². The van der Waals surface area contributed by atoms with Crippen molar-refractivity contribution < 1.29 is 0 Å². The molecule has 13 heavy (non-hydrogen) atoms. The van der Waals surface area contributed by atoms with Crippen molar-refractivity contribution in [3.05, 3.63) is 11.3 Å². The lowest BCUT2D eigenvalue weighted by Gasteiger charge is -2.27. The monoisotopic (exact) mass is 180 g/mol. The molecule has 1 aliphatic heterocycles. The fourth-order valence-electron chi connectivity index (χ4n) is 1.84. The second kappa shape index (κ2) is 2.26. The minimum absolute atomic E-state index is 0.0186. The Bertz CT molecular complexity index is 351. The van der Waals surface area contributed by atoms with Crippen LogP contribution in [0.3, 0.4) is 0 Å². The predicted molar refractivity (Wildman–Crippen MR) is 52.1 cm³/mol.